The van der Waals surface area contributed by atoms with E-state index in [2.05, 4.69) is 15.3 Å². The summed E-state index contributed by atoms with van der Waals surface area (Å²) >= 11 is 5.88. The highest BCUT2D eigenvalue weighted by Crippen LogP contribution is 2.11. The molecule has 0 bridgehead atoms. The van der Waals surface area contributed by atoms with E-state index in [-0.39, 0.29) is 11.8 Å². The van der Waals surface area contributed by atoms with Gasteiger partial charge in [-0.25, -0.2) is 9.97 Å². The van der Waals surface area contributed by atoms with Crippen molar-refractivity contribution < 1.29 is 9.59 Å². The molecule has 3 rings (SSSR count). The van der Waals surface area contributed by atoms with Gasteiger partial charge in [-0.15, -0.1) is 0 Å². The number of anilines is 1. The van der Waals surface area contributed by atoms with E-state index >= 15 is 0 Å². The quantitative estimate of drug-likeness (QED) is 0.849. The Morgan fingerprint density at radius 2 is 1.63 bits per heavy atom. The fourth-order valence-electron chi connectivity index (χ4n) is 2.91. The number of piperazine rings is 1. The normalized spacial score (nSPS) is 14.1. The molecule has 0 radical (unpaired) electrons. The van der Waals surface area contributed by atoms with Crippen LogP contribution in [0.4, 0.5) is 5.95 Å². The molecule has 1 aliphatic heterocycles. The van der Waals surface area contributed by atoms with E-state index in [0.717, 1.165) is 11.4 Å². The minimum absolute atomic E-state index is 0.0412. The lowest BCUT2D eigenvalue weighted by atomic mass is 10.1. The minimum Gasteiger partial charge on any atom is -0.354 e. The zero-order valence-corrected chi connectivity index (χ0v) is 15.9. The van der Waals surface area contributed by atoms with Crippen LogP contribution in [0.2, 0.25) is 5.02 Å². The Kier molecular flexibility index (Phi) is 6.24. The van der Waals surface area contributed by atoms with Crippen LogP contribution in [-0.2, 0) is 11.2 Å². The lowest BCUT2D eigenvalue weighted by Crippen LogP contribution is -2.50. The first kappa shape index (κ1) is 19.1. The predicted molar refractivity (Wildman–Crippen MR) is 104 cm³/mol. The monoisotopic (exact) mass is 387 g/mol. The first-order valence-corrected chi connectivity index (χ1v) is 9.26. The third-order valence-electron chi connectivity index (χ3n) is 4.52. The van der Waals surface area contributed by atoms with Crippen LogP contribution in [0.1, 0.15) is 22.8 Å². The number of rotatable bonds is 5. The van der Waals surface area contributed by atoms with Crippen molar-refractivity contribution in [1.29, 1.82) is 0 Å². The highest BCUT2D eigenvalue weighted by atomic mass is 35.5. The molecule has 7 nitrogen and oxygen atoms in total. The summed E-state index contributed by atoms with van der Waals surface area (Å²) in [6.45, 7) is 4.41. The van der Waals surface area contributed by atoms with Gasteiger partial charge in [0.25, 0.3) is 5.91 Å². The second kappa shape index (κ2) is 8.81. The molecule has 2 amide bonds. The number of hydrogen-bond acceptors (Lipinski definition) is 5. The van der Waals surface area contributed by atoms with E-state index in [1.54, 1.807) is 16.7 Å². The van der Waals surface area contributed by atoms with Gasteiger partial charge in [0.2, 0.25) is 11.9 Å². The van der Waals surface area contributed by atoms with Crippen molar-refractivity contribution in [3.8, 4) is 0 Å². The molecule has 1 aliphatic rings. The molecule has 2 aromatic rings. The van der Waals surface area contributed by atoms with Gasteiger partial charge in [0.1, 0.15) is 0 Å². The molecule has 1 fully saturated rings. The van der Waals surface area contributed by atoms with Crippen molar-refractivity contribution in [3.63, 3.8) is 0 Å². The number of carbonyl (C=O) groups excluding carboxylic acids is 2. The summed E-state index contributed by atoms with van der Waals surface area (Å²) in [6.07, 6.45) is 3.90. The molecule has 2 heterocycles. The Morgan fingerprint density at radius 1 is 1.04 bits per heavy atom. The molecule has 1 N–H and O–H groups in total. The maximum Gasteiger partial charge on any atom is 0.257 e. The molecule has 0 atom stereocenters. The molecule has 8 heteroatoms. The summed E-state index contributed by atoms with van der Waals surface area (Å²) < 4.78 is 0. The van der Waals surface area contributed by atoms with E-state index in [1.165, 1.54) is 18.0 Å². The number of nitrogens with zero attached hydrogens (tertiary/aromatic N) is 4. The Bertz CT molecular complexity index is 787. The zero-order valence-electron chi connectivity index (χ0n) is 15.2. The maximum absolute atomic E-state index is 12.5. The zero-order chi connectivity index (χ0) is 19.2. The van der Waals surface area contributed by atoms with Crippen LogP contribution in [0.3, 0.4) is 0 Å². The van der Waals surface area contributed by atoms with Gasteiger partial charge in [-0.2, -0.15) is 0 Å². The Balaban J connectivity index is 1.48. The highest BCUT2D eigenvalue weighted by molar-refractivity contribution is 6.30. The van der Waals surface area contributed by atoms with Crippen molar-refractivity contribution in [2.75, 3.05) is 38.0 Å². The second-order valence-electron chi connectivity index (χ2n) is 6.40. The van der Waals surface area contributed by atoms with Gasteiger partial charge >= 0.3 is 0 Å². The lowest BCUT2D eigenvalue weighted by Gasteiger charge is -2.34. The first-order valence-electron chi connectivity index (χ1n) is 8.88. The van der Waals surface area contributed by atoms with Crippen LogP contribution in [-0.4, -0.2) is 64.3 Å². The lowest BCUT2D eigenvalue weighted by molar-refractivity contribution is -0.130. The maximum atomic E-state index is 12.5. The van der Waals surface area contributed by atoms with Crippen LogP contribution in [0.25, 0.3) is 0 Å². The molecule has 1 saturated heterocycles. The predicted octanol–water partition coefficient (Wildman–Crippen LogP) is 2.09. The summed E-state index contributed by atoms with van der Waals surface area (Å²) in [5.74, 6) is 0.423. The average molecular weight is 388 g/mol. The van der Waals surface area contributed by atoms with Crippen LogP contribution >= 0.6 is 11.6 Å². The Hall–Kier alpha value is -2.67. The number of nitrogens with one attached hydrogen (secondary N) is 1. The van der Waals surface area contributed by atoms with Gasteiger partial charge in [0.05, 0.1) is 5.56 Å². The molecule has 142 valence electrons. The summed E-state index contributed by atoms with van der Waals surface area (Å²) in [7, 11) is 0. The van der Waals surface area contributed by atoms with E-state index in [4.69, 9.17) is 11.6 Å². The van der Waals surface area contributed by atoms with Crippen LogP contribution in [0, 0.1) is 0 Å². The topological polar surface area (TPSA) is 78.4 Å². The largest absolute Gasteiger partial charge is 0.354 e. The van der Waals surface area contributed by atoms with Gasteiger partial charge in [-0.3, -0.25) is 9.59 Å². The van der Waals surface area contributed by atoms with Crippen LogP contribution in [0.15, 0.2) is 36.7 Å². The highest BCUT2D eigenvalue weighted by Gasteiger charge is 2.23. The number of hydrogen-bond donors (Lipinski definition) is 1. The first-order chi connectivity index (χ1) is 13.0. The van der Waals surface area contributed by atoms with E-state index < -0.39 is 0 Å². The molecule has 0 saturated carbocycles. The molecule has 27 heavy (non-hydrogen) atoms. The Labute approximate surface area is 163 Å². The molecule has 0 spiro atoms. The number of benzene rings is 1. The summed E-state index contributed by atoms with van der Waals surface area (Å²) in [5, 5.41) is 3.87. The molecule has 0 unspecified atom stereocenters. The SMILES string of the molecule is CC(=O)N1CCN(C(=O)c2cnc(NCCc3ccc(Cl)cc3)nc2)CC1. The van der Waals surface area contributed by atoms with Gasteiger partial charge < -0.3 is 15.1 Å². The van der Waals surface area contributed by atoms with Gasteiger partial charge in [-0.05, 0) is 24.1 Å². The van der Waals surface area contributed by atoms with Crippen LogP contribution < -0.4 is 5.32 Å². The second-order valence-corrected chi connectivity index (χ2v) is 6.83. The van der Waals surface area contributed by atoms with E-state index in [1.807, 2.05) is 24.3 Å². The molecule has 1 aromatic carbocycles. The van der Waals surface area contributed by atoms with Crippen molar-refractivity contribution in [1.82, 2.24) is 19.8 Å². The van der Waals surface area contributed by atoms with E-state index in [9.17, 15) is 9.59 Å². The Morgan fingerprint density at radius 3 is 2.22 bits per heavy atom. The smallest absolute Gasteiger partial charge is 0.257 e. The summed E-state index contributed by atoms with van der Waals surface area (Å²) in [4.78, 5) is 35.8. The number of amides is 2. The molecular formula is C19H22ClN5O2. The fraction of sp³-hybridized carbons (Fsp3) is 0.368. The van der Waals surface area contributed by atoms with Crippen molar-refractivity contribution in [2.24, 2.45) is 0 Å². The van der Waals surface area contributed by atoms with Crippen molar-refractivity contribution >= 4 is 29.4 Å². The van der Waals surface area contributed by atoms with Gasteiger partial charge in [0, 0.05) is 57.1 Å². The number of aromatic nitrogens is 2. The third kappa shape index (κ3) is 5.17. The van der Waals surface area contributed by atoms with E-state index in [0.29, 0.717) is 44.2 Å². The summed E-state index contributed by atoms with van der Waals surface area (Å²) in [6, 6.07) is 7.70. The van der Waals surface area contributed by atoms with Gasteiger partial charge in [0.15, 0.2) is 0 Å². The standard InChI is InChI=1S/C19H22ClN5O2/c1-14(26)24-8-10-25(11-9-24)18(27)16-12-22-19(23-13-16)21-7-6-15-2-4-17(20)5-3-15/h2-5,12-13H,6-11H2,1H3,(H,21,22,23). The third-order valence-corrected chi connectivity index (χ3v) is 4.77. The summed E-state index contributed by atoms with van der Waals surface area (Å²) in [5.41, 5.74) is 1.62. The van der Waals surface area contributed by atoms with Crippen LogP contribution in [0.5, 0.6) is 0 Å². The minimum atomic E-state index is -0.106. The molecular weight excluding hydrogens is 366 g/mol. The van der Waals surface area contributed by atoms with Crippen molar-refractivity contribution in [3.05, 3.63) is 52.8 Å². The fourth-order valence-corrected chi connectivity index (χ4v) is 3.03. The average Bonchev–Trinajstić information content (AvgIpc) is 2.69. The number of halogens is 1. The van der Waals surface area contributed by atoms with Crippen molar-refractivity contribution in [2.45, 2.75) is 13.3 Å². The molecule has 0 aliphatic carbocycles. The van der Waals surface area contributed by atoms with Gasteiger partial charge in [-0.1, -0.05) is 23.7 Å². The number of carbonyl (C=O) groups is 2. The molecule has 1 aromatic heterocycles.